The number of benzene rings is 1. The van der Waals surface area contributed by atoms with Crippen molar-refractivity contribution in [2.45, 2.75) is 25.7 Å². The topological polar surface area (TPSA) is 71.1 Å². The van der Waals surface area contributed by atoms with Crippen molar-refractivity contribution in [2.24, 2.45) is 0 Å². The highest BCUT2D eigenvalue weighted by atomic mass is 32.1. The number of thiophene rings is 1. The third-order valence-electron chi connectivity index (χ3n) is 6.29. The molecule has 6 nitrogen and oxygen atoms in total. The highest BCUT2D eigenvalue weighted by Crippen LogP contribution is 2.39. The fraction of sp³-hybridized carbons (Fsp3) is 0.292. The first kappa shape index (κ1) is 19.7. The Bertz CT molecular complexity index is 1440. The summed E-state index contributed by atoms with van der Waals surface area (Å²) in [6.07, 6.45) is 5.79. The zero-order chi connectivity index (χ0) is 21.7. The molecule has 4 aromatic heterocycles. The molecule has 0 radical (unpaired) electrons. The maximum Gasteiger partial charge on any atom is 0.260 e. The standard InChI is InChI=1S/C24H22N4O2S2/c1-14-27-22-20(32-14)11-19(17-6-10-31-23(17)22)30-13-21(29)28-8-4-15(5-9-28)18-12-26-24-16(18)3-2-7-25-24/h2-3,6-7,10-12,15H,4-5,8-9,13H2,1H3,(H,25,26). The molecule has 32 heavy (non-hydrogen) atoms. The van der Waals surface area contributed by atoms with E-state index in [0.717, 1.165) is 62.6 Å². The van der Waals surface area contributed by atoms with Crippen LogP contribution in [0.5, 0.6) is 5.75 Å². The normalized spacial score (nSPS) is 15.2. The molecular weight excluding hydrogens is 440 g/mol. The number of hydrogen-bond donors (Lipinski definition) is 1. The van der Waals surface area contributed by atoms with E-state index < -0.39 is 0 Å². The van der Waals surface area contributed by atoms with Crippen molar-refractivity contribution in [2.75, 3.05) is 19.7 Å². The van der Waals surface area contributed by atoms with E-state index in [-0.39, 0.29) is 12.5 Å². The second-order valence-corrected chi connectivity index (χ2v) is 10.4. The van der Waals surface area contributed by atoms with E-state index in [4.69, 9.17) is 4.74 Å². The van der Waals surface area contributed by atoms with Gasteiger partial charge in [-0.25, -0.2) is 9.97 Å². The number of hydrogen-bond acceptors (Lipinski definition) is 6. The predicted molar refractivity (Wildman–Crippen MR) is 130 cm³/mol. The summed E-state index contributed by atoms with van der Waals surface area (Å²) in [5.74, 6) is 1.26. The molecular formula is C24H22N4O2S2. The number of nitrogens with one attached hydrogen (secondary N) is 1. The van der Waals surface area contributed by atoms with Gasteiger partial charge in [0, 0.05) is 42.3 Å². The summed E-state index contributed by atoms with van der Waals surface area (Å²) in [5, 5.41) is 5.32. The Morgan fingerprint density at radius 2 is 2.16 bits per heavy atom. The van der Waals surface area contributed by atoms with Crippen LogP contribution in [0.2, 0.25) is 0 Å². The smallest absolute Gasteiger partial charge is 0.260 e. The number of piperidine rings is 1. The van der Waals surface area contributed by atoms with Gasteiger partial charge in [-0.3, -0.25) is 4.79 Å². The van der Waals surface area contributed by atoms with Crippen molar-refractivity contribution in [3.63, 3.8) is 0 Å². The van der Waals surface area contributed by atoms with Gasteiger partial charge in [0.05, 0.1) is 19.9 Å². The van der Waals surface area contributed by atoms with Crippen molar-refractivity contribution in [1.82, 2.24) is 19.9 Å². The zero-order valence-corrected chi connectivity index (χ0v) is 19.3. The molecule has 1 amide bonds. The molecule has 5 heterocycles. The number of H-pyrrole nitrogens is 1. The number of carbonyl (C=O) groups excluding carboxylic acids is 1. The predicted octanol–water partition coefficient (Wildman–Crippen LogP) is 5.48. The van der Waals surface area contributed by atoms with E-state index in [9.17, 15) is 4.79 Å². The van der Waals surface area contributed by atoms with Gasteiger partial charge in [0.25, 0.3) is 5.91 Å². The molecule has 1 fully saturated rings. The maximum atomic E-state index is 12.9. The average molecular weight is 463 g/mol. The van der Waals surface area contributed by atoms with E-state index in [2.05, 4.69) is 38.7 Å². The fourth-order valence-electron chi connectivity index (χ4n) is 4.69. The minimum atomic E-state index is 0.0491. The van der Waals surface area contributed by atoms with Crippen LogP contribution in [0, 0.1) is 6.92 Å². The Balaban J connectivity index is 1.13. The van der Waals surface area contributed by atoms with Gasteiger partial charge in [-0.05, 0) is 54.8 Å². The van der Waals surface area contributed by atoms with Crippen molar-refractivity contribution < 1.29 is 9.53 Å². The van der Waals surface area contributed by atoms with Crippen LogP contribution < -0.4 is 4.74 Å². The molecule has 8 heteroatoms. The molecule has 1 N–H and O–H groups in total. The van der Waals surface area contributed by atoms with Crippen molar-refractivity contribution in [3.05, 3.63) is 52.6 Å². The van der Waals surface area contributed by atoms with E-state index >= 15 is 0 Å². The Labute approximate surface area is 192 Å². The van der Waals surface area contributed by atoms with Crippen LogP contribution in [-0.2, 0) is 4.79 Å². The second kappa shape index (κ2) is 7.86. The number of nitrogens with zero attached hydrogens (tertiary/aromatic N) is 3. The Kier molecular flexibility index (Phi) is 4.84. The van der Waals surface area contributed by atoms with Crippen LogP contribution >= 0.6 is 22.7 Å². The van der Waals surface area contributed by atoms with Crippen LogP contribution in [0.15, 0.2) is 42.0 Å². The van der Waals surface area contributed by atoms with Gasteiger partial charge >= 0.3 is 0 Å². The van der Waals surface area contributed by atoms with Crippen LogP contribution in [-0.4, -0.2) is 45.5 Å². The summed E-state index contributed by atoms with van der Waals surface area (Å²) in [6.45, 7) is 3.59. The summed E-state index contributed by atoms with van der Waals surface area (Å²) in [6, 6.07) is 8.17. The quantitative estimate of drug-likeness (QED) is 0.384. The SMILES string of the molecule is Cc1nc2c(cc(OCC(=O)N3CCC(c4c[nH]c5ncccc45)CC3)c3ccsc32)s1. The number of aromatic nitrogens is 3. The fourth-order valence-corrected chi connectivity index (χ4v) is 6.52. The lowest BCUT2D eigenvalue weighted by Crippen LogP contribution is -2.40. The van der Waals surface area contributed by atoms with E-state index in [1.165, 1.54) is 10.9 Å². The number of fused-ring (bicyclic) bond motifs is 4. The van der Waals surface area contributed by atoms with Gasteiger partial charge in [-0.2, -0.15) is 0 Å². The Morgan fingerprint density at radius 1 is 1.28 bits per heavy atom. The minimum Gasteiger partial charge on any atom is -0.483 e. The second-order valence-electron chi connectivity index (χ2n) is 8.21. The molecule has 1 aliphatic heterocycles. The van der Waals surface area contributed by atoms with E-state index in [1.807, 2.05) is 30.2 Å². The molecule has 1 saturated heterocycles. The Hall–Kier alpha value is -2.97. The van der Waals surface area contributed by atoms with Gasteiger partial charge in [-0.1, -0.05) is 0 Å². The van der Waals surface area contributed by atoms with Crippen LogP contribution in [0.3, 0.4) is 0 Å². The van der Waals surface area contributed by atoms with Crippen molar-refractivity contribution in [3.8, 4) is 5.75 Å². The first-order valence-electron chi connectivity index (χ1n) is 10.8. The maximum absolute atomic E-state index is 12.9. The number of aryl methyl sites for hydroxylation is 1. The van der Waals surface area contributed by atoms with Gasteiger partial charge in [0.2, 0.25) is 0 Å². The lowest BCUT2D eigenvalue weighted by atomic mass is 9.89. The summed E-state index contributed by atoms with van der Waals surface area (Å²) in [7, 11) is 0. The van der Waals surface area contributed by atoms with Crippen molar-refractivity contribution in [1.29, 1.82) is 0 Å². The number of carbonyl (C=O) groups is 1. The summed E-state index contributed by atoms with van der Waals surface area (Å²) in [4.78, 5) is 27.2. The average Bonchev–Trinajstić information content (AvgIpc) is 3.54. The third kappa shape index (κ3) is 3.34. The lowest BCUT2D eigenvalue weighted by molar-refractivity contribution is -0.134. The molecule has 0 aliphatic carbocycles. The molecule has 0 saturated carbocycles. The molecule has 6 rings (SSSR count). The first-order chi connectivity index (χ1) is 15.7. The largest absolute Gasteiger partial charge is 0.483 e. The van der Waals surface area contributed by atoms with Gasteiger partial charge in [0.15, 0.2) is 6.61 Å². The number of rotatable bonds is 4. The molecule has 1 aromatic carbocycles. The van der Waals surface area contributed by atoms with E-state index in [1.54, 1.807) is 22.7 Å². The number of ether oxygens (including phenoxy) is 1. The first-order valence-corrected chi connectivity index (χ1v) is 12.5. The highest BCUT2D eigenvalue weighted by molar-refractivity contribution is 7.21. The number of aromatic amines is 1. The lowest BCUT2D eigenvalue weighted by Gasteiger charge is -2.32. The molecule has 5 aromatic rings. The zero-order valence-electron chi connectivity index (χ0n) is 17.6. The molecule has 0 spiro atoms. The number of likely N-dealkylation sites (tertiary alicyclic amines) is 1. The number of thiazole rings is 1. The van der Waals surface area contributed by atoms with Crippen LogP contribution in [0.1, 0.15) is 29.3 Å². The van der Waals surface area contributed by atoms with E-state index in [0.29, 0.717) is 5.92 Å². The highest BCUT2D eigenvalue weighted by Gasteiger charge is 2.26. The van der Waals surface area contributed by atoms with Crippen molar-refractivity contribution >= 4 is 59.9 Å². The number of pyridine rings is 1. The monoisotopic (exact) mass is 462 g/mol. The molecule has 1 aliphatic rings. The molecule has 162 valence electrons. The third-order valence-corrected chi connectivity index (χ3v) is 8.13. The molecule has 0 unspecified atom stereocenters. The van der Waals surface area contributed by atoms with Gasteiger partial charge in [0.1, 0.15) is 11.4 Å². The van der Waals surface area contributed by atoms with Gasteiger partial charge < -0.3 is 14.6 Å². The van der Waals surface area contributed by atoms with Crippen LogP contribution in [0.25, 0.3) is 31.3 Å². The summed E-state index contributed by atoms with van der Waals surface area (Å²) >= 11 is 3.33. The minimum absolute atomic E-state index is 0.0491. The molecule has 0 atom stereocenters. The number of amides is 1. The van der Waals surface area contributed by atoms with Crippen LogP contribution in [0.4, 0.5) is 0 Å². The Morgan fingerprint density at radius 3 is 3.03 bits per heavy atom. The molecule has 0 bridgehead atoms. The summed E-state index contributed by atoms with van der Waals surface area (Å²) < 4.78 is 8.28. The van der Waals surface area contributed by atoms with Gasteiger partial charge in [-0.15, -0.1) is 22.7 Å². The summed E-state index contributed by atoms with van der Waals surface area (Å²) in [5.41, 5.74) is 3.28.